The maximum absolute atomic E-state index is 6.38. The Labute approximate surface area is 134 Å². The van der Waals surface area contributed by atoms with Gasteiger partial charge >= 0.3 is 0 Å². The largest absolute Gasteiger partial charge is 0.487 e. The van der Waals surface area contributed by atoms with Gasteiger partial charge in [0.15, 0.2) is 0 Å². The highest BCUT2D eigenvalue weighted by Crippen LogP contribution is 2.38. The Morgan fingerprint density at radius 2 is 1.95 bits per heavy atom. The van der Waals surface area contributed by atoms with Gasteiger partial charge in [-0.1, -0.05) is 41.9 Å². The van der Waals surface area contributed by atoms with Crippen molar-refractivity contribution in [2.75, 3.05) is 5.73 Å². The molecule has 5 heteroatoms. The molecule has 0 saturated carbocycles. The van der Waals surface area contributed by atoms with E-state index < -0.39 is 0 Å². The van der Waals surface area contributed by atoms with Gasteiger partial charge < -0.3 is 10.5 Å². The molecule has 0 fully saturated rings. The van der Waals surface area contributed by atoms with Gasteiger partial charge in [-0.05, 0) is 17.7 Å². The first-order chi connectivity index (χ1) is 10.6. The zero-order valence-corrected chi connectivity index (χ0v) is 12.9. The molecule has 0 unspecified atom stereocenters. The number of nitrogen functional groups attached to an aromatic ring is 1. The molecule has 22 heavy (non-hydrogen) atoms. The average molecular weight is 314 g/mol. The van der Waals surface area contributed by atoms with Crippen molar-refractivity contribution in [3.63, 3.8) is 0 Å². The molecule has 0 saturated heterocycles. The third kappa shape index (κ3) is 2.92. The van der Waals surface area contributed by atoms with Crippen LogP contribution < -0.4 is 10.5 Å². The molecule has 3 aromatic rings. The minimum absolute atomic E-state index is 0.443. The molecule has 3 rings (SSSR count). The van der Waals surface area contributed by atoms with Gasteiger partial charge in [-0.15, -0.1) is 0 Å². The lowest BCUT2D eigenvalue weighted by Crippen LogP contribution is -1.99. The van der Waals surface area contributed by atoms with Crippen LogP contribution in [0.25, 0.3) is 11.1 Å². The first-order valence-electron chi connectivity index (χ1n) is 6.89. The number of halogens is 1. The second kappa shape index (κ2) is 6.12. The summed E-state index contributed by atoms with van der Waals surface area (Å²) in [7, 11) is 1.86. The number of rotatable bonds is 4. The van der Waals surface area contributed by atoms with Crippen molar-refractivity contribution in [3.05, 3.63) is 65.4 Å². The van der Waals surface area contributed by atoms with E-state index >= 15 is 0 Å². The second-order valence-corrected chi connectivity index (χ2v) is 5.39. The highest BCUT2D eigenvalue weighted by atomic mass is 35.5. The Bertz CT molecular complexity index is 784. The zero-order valence-electron chi connectivity index (χ0n) is 12.2. The summed E-state index contributed by atoms with van der Waals surface area (Å²) in [6.45, 7) is 0.452. The lowest BCUT2D eigenvalue weighted by atomic mass is 10.1. The van der Waals surface area contributed by atoms with Crippen LogP contribution in [0.2, 0.25) is 5.02 Å². The molecule has 0 aliphatic heterocycles. The molecule has 1 heterocycles. The summed E-state index contributed by atoms with van der Waals surface area (Å²) in [4.78, 5) is 0. The highest BCUT2D eigenvalue weighted by molar-refractivity contribution is 6.36. The quantitative estimate of drug-likeness (QED) is 0.743. The average Bonchev–Trinajstić information content (AvgIpc) is 2.96. The minimum Gasteiger partial charge on any atom is -0.487 e. The van der Waals surface area contributed by atoms with Gasteiger partial charge in [0, 0.05) is 24.4 Å². The molecule has 0 aliphatic rings. The van der Waals surface area contributed by atoms with Gasteiger partial charge in [-0.3, -0.25) is 4.68 Å². The second-order valence-electron chi connectivity index (χ2n) is 5.02. The Hall–Kier alpha value is -2.46. The van der Waals surface area contributed by atoms with Gasteiger partial charge in [-0.2, -0.15) is 5.10 Å². The third-order valence-electron chi connectivity index (χ3n) is 3.39. The van der Waals surface area contributed by atoms with E-state index in [0.717, 1.165) is 16.7 Å². The number of hydrogen-bond donors (Lipinski definition) is 1. The van der Waals surface area contributed by atoms with E-state index in [1.807, 2.05) is 55.7 Å². The predicted octanol–water partition coefficient (Wildman–Crippen LogP) is 3.90. The molecule has 0 aliphatic carbocycles. The van der Waals surface area contributed by atoms with E-state index in [0.29, 0.717) is 23.1 Å². The molecule has 4 nitrogen and oxygen atoms in total. The Kier molecular flexibility index (Phi) is 4.02. The van der Waals surface area contributed by atoms with E-state index in [-0.39, 0.29) is 0 Å². The Morgan fingerprint density at radius 3 is 2.64 bits per heavy atom. The Balaban J connectivity index is 1.84. The molecular weight excluding hydrogens is 298 g/mol. The van der Waals surface area contributed by atoms with Gasteiger partial charge in [0.25, 0.3) is 0 Å². The summed E-state index contributed by atoms with van der Waals surface area (Å²) in [6, 6.07) is 13.7. The van der Waals surface area contributed by atoms with Crippen LogP contribution in [0.15, 0.2) is 54.9 Å². The zero-order chi connectivity index (χ0) is 15.5. The van der Waals surface area contributed by atoms with Crippen LogP contribution in [0.3, 0.4) is 0 Å². The molecule has 112 valence electrons. The monoisotopic (exact) mass is 313 g/mol. The van der Waals surface area contributed by atoms with E-state index in [2.05, 4.69) is 5.10 Å². The van der Waals surface area contributed by atoms with E-state index in [1.54, 1.807) is 10.9 Å². The minimum atomic E-state index is 0.443. The first-order valence-corrected chi connectivity index (χ1v) is 7.26. The predicted molar refractivity (Wildman–Crippen MR) is 88.8 cm³/mol. The lowest BCUT2D eigenvalue weighted by molar-refractivity contribution is 0.308. The van der Waals surface area contributed by atoms with Crippen molar-refractivity contribution in [2.45, 2.75) is 6.61 Å². The van der Waals surface area contributed by atoms with Crippen LogP contribution in [0.5, 0.6) is 5.75 Å². The van der Waals surface area contributed by atoms with E-state index in [4.69, 9.17) is 22.1 Å². The summed E-state index contributed by atoms with van der Waals surface area (Å²) in [5.41, 5.74) is 9.40. The maximum atomic E-state index is 6.38. The molecule has 2 N–H and O–H groups in total. The van der Waals surface area contributed by atoms with Crippen LogP contribution in [0, 0.1) is 0 Å². The number of anilines is 1. The number of aryl methyl sites for hydroxylation is 1. The number of hydrogen-bond acceptors (Lipinski definition) is 3. The highest BCUT2D eigenvalue weighted by Gasteiger charge is 2.13. The number of aromatic nitrogens is 2. The summed E-state index contributed by atoms with van der Waals surface area (Å²) in [6.07, 6.45) is 3.65. The number of benzene rings is 2. The summed E-state index contributed by atoms with van der Waals surface area (Å²) in [5.74, 6) is 0.585. The van der Waals surface area contributed by atoms with Crippen molar-refractivity contribution in [3.8, 4) is 16.9 Å². The smallest absolute Gasteiger partial charge is 0.144 e. The van der Waals surface area contributed by atoms with Crippen LogP contribution in [0.4, 0.5) is 5.69 Å². The lowest BCUT2D eigenvalue weighted by Gasteiger charge is -2.12. The molecule has 1 aromatic heterocycles. The van der Waals surface area contributed by atoms with Crippen molar-refractivity contribution in [1.82, 2.24) is 9.78 Å². The van der Waals surface area contributed by atoms with Crippen LogP contribution >= 0.6 is 11.6 Å². The molecular formula is C17H16ClN3O. The molecule has 0 spiro atoms. The van der Waals surface area contributed by atoms with Crippen LogP contribution in [-0.2, 0) is 13.7 Å². The summed E-state index contributed by atoms with van der Waals surface area (Å²) >= 11 is 6.38. The molecule has 0 atom stereocenters. The van der Waals surface area contributed by atoms with Gasteiger partial charge in [0.1, 0.15) is 12.4 Å². The van der Waals surface area contributed by atoms with E-state index in [9.17, 15) is 0 Å². The SMILES string of the molecule is Cn1cc(-c2ccc(OCc3ccccc3)c(N)c2Cl)cn1. The standard InChI is InChI=1S/C17H16ClN3O/c1-21-10-13(9-20-21)14-7-8-15(17(19)16(14)18)22-11-12-5-3-2-4-6-12/h2-10H,11,19H2,1H3. The fraction of sp³-hybridized carbons (Fsp3) is 0.118. The fourth-order valence-corrected chi connectivity index (χ4v) is 2.48. The van der Waals surface area contributed by atoms with Gasteiger partial charge in [-0.25, -0.2) is 0 Å². The van der Waals surface area contributed by atoms with Crippen LogP contribution in [0.1, 0.15) is 5.56 Å². The maximum Gasteiger partial charge on any atom is 0.144 e. The number of nitrogens with two attached hydrogens (primary N) is 1. The first kappa shape index (κ1) is 14.5. The molecule has 2 aromatic carbocycles. The van der Waals surface area contributed by atoms with Crippen molar-refractivity contribution in [2.24, 2.45) is 7.05 Å². The summed E-state index contributed by atoms with van der Waals surface area (Å²) < 4.78 is 7.49. The third-order valence-corrected chi connectivity index (χ3v) is 3.80. The van der Waals surface area contributed by atoms with Gasteiger partial charge in [0.05, 0.1) is 16.9 Å². The van der Waals surface area contributed by atoms with Crippen molar-refractivity contribution >= 4 is 17.3 Å². The van der Waals surface area contributed by atoms with Crippen molar-refractivity contribution < 1.29 is 4.74 Å². The molecule has 0 amide bonds. The number of nitrogens with zero attached hydrogens (tertiary/aromatic N) is 2. The molecule has 0 radical (unpaired) electrons. The topological polar surface area (TPSA) is 53.1 Å². The fourth-order valence-electron chi connectivity index (χ4n) is 2.22. The van der Waals surface area contributed by atoms with Gasteiger partial charge in [0.2, 0.25) is 0 Å². The van der Waals surface area contributed by atoms with Crippen LogP contribution in [-0.4, -0.2) is 9.78 Å². The normalized spacial score (nSPS) is 10.6. The number of ether oxygens (including phenoxy) is 1. The molecule has 0 bridgehead atoms. The Morgan fingerprint density at radius 1 is 1.18 bits per heavy atom. The summed E-state index contributed by atoms with van der Waals surface area (Å²) in [5, 5.41) is 4.63. The van der Waals surface area contributed by atoms with E-state index in [1.165, 1.54) is 0 Å². The van der Waals surface area contributed by atoms with Crippen molar-refractivity contribution in [1.29, 1.82) is 0 Å².